The van der Waals surface area contributed by atoms with Crippen LogP contribution in [-0.2, 0) is 0 Å². The highest BCUT2D eigenvalue weighted by atomic mass is 15.0. The molecule has 0 aliphatic carbocycles. The van der Waals surface area contributed by atoms with Crippen LogP contribution in [0.3, 0.4) is 0 Å². The summed E-state index contributed by atoms with van der Waals surface area (Å²) >= 11 is 0. The van der Waals surface area contributed by atoms with Crippen molar-refractivity contribution in [3.05, 3.63) is 36.7 Å². The summed E-state index contributed by atoms with van der Waals surface area (Å²) < 4.78 is 1.75. The van der Waals surface area contributed by atoms with Crippen molar-refractivity contribution < 1.29 is 4.58 Å². The predicted molar refractivity (Wildman–Crippen MR) is 90.8 cm³/mol. The Morgan fingerprint density at radius 2 is 1.90 bits per heavy atom. The normalized spacial score (nSPS) is 9.24. The molecule has 0 saturated carbocycles. The lowest BCUT2D eigenvalue weighted by Crippen LogP contribution is -2.24. The van der Waals surface area contributed by atoms with Gasteiger partial charge in [-0.25, -0.2) is 0 Å². The predicted octanol–water partition coefficient (Wildman–Crippen LogP) is 3.27. The first-order valence-corrected chi connectivity index (χ1v) is 7.20. The zero-order valence-corrected chi connectivity index (χ0v) is 13.3. The molecule has 0 saturated heterocycles. The van der Waals surface area contributed by atoms with E-state index in [9.17, 15) is 0 Å². The number of nitrogens with one attached hydrogen (secondary N) is 3. The van der Waals surface area contributed by atoms with E-state index < -0.39 is 0 Å². The fourth-order valence-corrected chi connectivity index (χ4v) is 1.57. The van der Waals surface area contributed by atoms with Crippen molar-refractivity contribution in [3.8, 4) is 0 Å². The van der Waals surface area contributed by atoms with Crippen LogP contribution in [0.4, 0.5) is 0 Å². The molecule has 0 aromatic rings. The monoisotopic (exact) mass is 287 g/mol. The van der Waals surface area contributed by atoms with E-state index in [1.807, 2.05) is 0 Å². The molecule has 0 amide bonds. The molecular formula is C17H27N4+. The molecule has 0 bridgehead atoms. The van der Waals surface area contributed by atoms with E-state index in [0.29, 0.717) is 30.9 Å². The first-order chi connectivity index (χ1) is 9.96. The Morgan fingerprint density at radius 3 is 2.43 bits per heavy atom. The lowest BCUT2D eigenvalue weighted by atomic mass is 10.2. The highest BCUT2D eigenvalue weighted by molar-refractivity contribution is 5.98. The van der Waals surface area contributed by atoms with E-state index >= 15 is 0 Å². The fraction of sp³-hybridized carbons (Fsp3) is 0.471. The van der Waals surface area contributed by atoms with Crippen LogP contribution >= 0.6 is 0 Å². The van der Waals surface area contributed by atoms with Crippen LogP contribution in [-0.4, -0.2) is 35.1 Å². The minimum Gasteiger partial charge on any atom is -0.383 e. The average molecular weight is 287 g/mol. The maximum absolute atomic E-state index is 8.02. The van der Waals surface area contributed by atoms with E-state index in [-0.39, 0.29) is 0 Å². The molecule has 0 spiro atoms. The van der Waals surface area contributed by atoms with Crippen molar-refractivity contribution >= 4 is 17.4 Å². The summed E-state index contributed by atoms with van der Waals surface area (Å²) in [7, 11) is 0. The number of hydrogen-bond acceptors (Lipinski definition) is 3. The fourth-order valence-electron chi connectivity index (χ4n) is 1.57. The van der Waals surface area contributed by atoms with Crippen LogP contribution in [0.2, 0.25) is 0 Å². The SMILES string of the molecule is C=C=C(C)C(=N)CNC(=C)CCC(=N)[N+](=C=C)CCCC. The molecule has 114 valence electrons. The lowest BCUT2D eigenvalue weighted by Gasteiger charge is -2.09. The molecule has 0 unspecified atom stereocenters. The smallest absolute Gasteiger partial charge is 0.298 e. The van der Waals surface area contributed by atoms with Crippen LogP contribution in [0.25, 0.3) is 0 Å². The van der Waals surface area contributed by atoms with Crippen molar-refractivity contribution in [1.29, 1.82) is 10.8 Å². The van der Waals surface area contributed by atoms with Crippen molar-refractivity contribution in [2.24, 2.45) is 0 Å². The van der Waals surface area contributed by atoms with Crippen LogP contribution in [0.1, 0.15) is 39.5 Å². The standard InChI is InChI=1S/C17H27N4/c1-6-9-12-21(8-3)17(19)11-10-15(5)20-13-16(18)14(4)7-2/h18-20H,2-3,5-6,9-13H2,1,4H3/q+1. The summed E-state index contributed by atoms with van der Waals surface area (Å²) in [5, 5.41) is 18.9. The molecule has 0 fully saturated rings. The molecule has 0 aliphatic heterocycles. The van der Waals surface area contributed by atoms with E-state index in [1.165, 1.54) is 0 Å². The molecule has 0 aromatic heterocycles. The Morgan fingerprint density at radius 1 is 1.24 bits per heavy atom. The highest BCUT2D eigenvalue weighted by Crippen LogP contribution is 2.02. The largest absolute Gasteiger partial charge is 0.383 e. The minimum absolute atomic E-state index is 0.410. The van der Waals surface area contributed by atoms with Gasteiger partial charge in [0.05, 0.1) is 31.1 Å². The van der Waals surface area contributed by atoms with Gasteiger partial charge in [0.1, 0.15) is 0 Å². The van der Waals surface area contributed by atoms with Crippen LogP contribution in [0.5, 0.6) is 0 Å². The van der Waals surface area contributed by atoms with Gasteiger partial charge in [-0.15, -0.1) is 11.1 Å². The Hall–Kier alpha value is -2.15. The van der Waals surface area contributed by atoms with Gasteiger partial charge in [-0.1, -0.05) is 26.5 Å². The molecule has 0 rings (SSSR count). The van der Waals surface area contributed by atoms with Gasteiger partial charge in [0.25, 0.3) is 5.84 Å². The molecule has 4 nitrogen and oxygen atoms in total. The number of amidine groups is 1. The quantitative estimate of drug-likeness (QED) is 0.245. The number of nitrogens with zero attached hydrogens (tertiary/aromatic N) is 1. The first-order valence-electron chi connectivity index (χ1n) is 7.20. The van der Waals surface area contributed by atoms with Crippen LogP contribution < -0.4 is 5.32 Å². The summed E-state index contributed by atoms with van der Waals surface area (Å²) in [4.78, 5) is 0. The summed E-state index contributed by atoms with van der Waals surface area (Å²) in [6.45, 7) is 16.2. The van der Waals surface area contributed by atoms with Crippen molar-refractivity contribution in [2.45, 2.75) is 39.5 Å². The van der Waals surface area contributed by atoms with E-state index in [2.05, 4.69) is 43.6 Å². The molecule has 0 aromatic carbocycles. The van der Waals surface area contributed by atoms with Crippen molar-refractivity contribution in [2.75, 3.05) is 13.1 Å². The Labute approximate surface area is 128 Å². The number of allylic oxidation sites excluding steroid dienone is 1. The first kappa shape index (κ1) is 18.9. The third-order valence-corrected chi connectivity index (χ3v) is 3.15. The number of rotatable bonds is 10. The van der Waals surface area contributed by atoms with Crippen LogP contribution in [0, 0.1) is 10.8 Å². The maximum Gasteiger partial charge on any atom is 0.298 e. The summed E-state index contributed by atoms with van der Waals surface area (Å²) in [5.41, 5.74) is 4.70. The summed E-state index contributed by atoms with van der Waals surface area (Å²) in [5.74, 6) is 3.29. The average Bonchev–Trinajstić information content (AvgIpc) is 2.50. The highest BCUT2D eigenvalue weighted by Gasteiger charge is 2.11. The van der Waals surface area contributed by atoms with Gasteiger partial charge in [0, 0.05) is 11.3 Å². The molecule has 21 heavy (non-hydrogen) atoms. The topological polar surface area (TPSA) is 62.7 Å². The summed E-state index contributed by atoms with van der Waals surface area (Å²) in [6.07, 6.45) is 3.35. The lowest BCUT2D eigenvalue weighted by molar-refractivity contribution is -0.405. The van der Waals surface area contributed by atoms with E-state index in [4.69, 9.17) is 10.8 Å². The van der Waals surface area contributed by atoms with Crippen LogP contribution in [0.15, 0.2) is 36.7 Å². The second-order valence-electron chi connectivity index (χ2n) is 4.85. The van der Waals surface area contributed by atoms with Gasteiger partial charge in [0.15, 0.2) is 0 Å². The third-order valence-electron chi connectivity index (χ3n) is 3.15. The Kier molecular flexibility index (Phi) is 9.53. The van der Waals surface area contributed by atoms with Gasteiger partial charge in [-0.3, -0.25) is 0 Å². The van der Waals surface area contributed by atoms with E-state index in [1.54, 1.807) is 11.5 Å². The van der Waals surface area contributed by atoms with Gasteiger partial charge >= 0.3 is 0 Å². The number of hydrogen-bond donors (Lipinski definition) is 3. The van der Waals surface area contributed by atoms with Gasteiger partial charge < -0.3 is 10.7 Å². The van der Waals surface area contributed by atoms with Gasteiger partial charge in [-0.05, 0) is 26.3 Å². The molecule has 0 aliphatic rings. The Bertz CT molecular complexity index is 501. The molecule has 4 heteroatoms. The second kappa shape index (κ2) is 10.6. The van der Waals surface area contributed by atoms with Gasteiger partial charge in [-0.2, -0.15) is 4.58 Å². The molecule has 0 radical (unpaired) electrons. The zero-order chi connectivity index (χ0) is 16.3. The number of unbranched alkanes of at least 4 members (excludes halogenated alkanes) is 1. The molecule has 3 N–H and O–H groups in total. The molecular weight excluding hydrogens is 260 g/mol. The summed E-state index contributed by atoms with van der Waals surface area (Å²) in [6, 6.07) is 0. The van der Waals surface area contributed by atoms with Crippen molar-refractivity contribution in [3.63, 3.8) is 0 Å². The molecule has 0 atom stereocenters. The third kappa shape index (κ3) is 7.88. The van der Waals surface area contributed by atoms with E-state index in [0.717, 1.165) is 30.7 Å². The van der Waals surface area contributed by atoms with Crippen molar-refractivity contribution in [1.82, 2.24) is 5.32 Å². The second-order valence-corrected chi connectivity index (χ2v) is 4.85. The minimum atomic E-state index is 0.410. The maximum atomic E-state index is 8.02. The molecule has 0 heterocycles. The Balaban J connectivity index is 4.19. The zero-order valence-electron chi connectivity index (χ0n) is 13.3. The van der Waals surface area contributed by atoms with Gasteiger partial charge in [0.2, 0.25) is 0 Å².